The Balaban J connectivity index is 2.41. The highest BCUT2D eigenvalue weighted by atomic mass is 35.5. The first-order chi connectivity index (χ1) is 6.72. The van der Waals surface area contributed by atoms with Crippen LogP contribution in [0.2, 0.25) is 5.02 Å². The van der Waals surface area contributed by atoms with E-state index in [9.17, 15) is 4.79 Å². The average molecular weight is 213 g/mol. The summed E-state index contributed by atoms with van der Waals surface area (Å²) >= 11 is 6.06. The van der Waals surface area contributed by atoms with Crippen molar-refractivity contribution >= 4 is 11.6 Å². The second-order valence-electron chi connectivity index (χ2n) is 3.72. The van der Waals surface area contributed by atoms with Crippen molar-refractivity contribution in [3.8, 4) is 0 Å². The van der Waals surface area contributed by atoms with Crippen molar-refractivity contribution < 1.29 is 0 Å². The van der Waals surface area contributed by atoms with Gasteiger partial charge in [-0.25, -0.2) is 0 Å². The molecule has 1 aliphatic rings. The van der Waals surface area contributed by atoms with Gasteiger partial charge < -0.3 is 10.7 Å². The third kappa shape index (κ3) is 1.57. The number of rotatable bonds is 2. The first-order valence-electron chi connectivity index (χ1n) is 4.84. The van der Waals surface area contributed by atoms with E-state index in [4.69, 9.17) is 17.3 Å². The number of pyridine rings is 1. The fraction of sp³-hybridized carbons (Fsp3) is 0.500. The van der Waals surface area contributed by atoms with Crippen molar-refractivity contribution in [1.82, 2.24) is 4.98 Å². The number of nitrogens with two attached hydrogens (primary N) is 1. The minimum atomic E-state index is -0.0983. The lowest BCUT2D eigenvalue weighted by molar-refractivity contribution is 0.410. The molecule has 0 spiro atoms. The lowest BCUT2D eigenvalue weighted by Crippen LogP contribution is -2.21. The first kappa shape index (κ1) is 9.74. The molecule has 0 atom stereocenters. The summed E-state index contributed by atoms with van der Waals surface area (Å²) < 4.78 is 0. The van der Waals surface area contributed by atoms with Crippen LogP contribution in [0.4, 0.5) is 0 Å². The molecule has 0 aliphatic heterocycles. The van der Waals surface area contributed by atoms with Crippen LogP contribution in [0.25, 0.3) is 0 Å². The van der Waals surface area contributed by atoms with Crippen molar-refractivity contribution in [3.05, 3.63) is 32.7 Å². The quantitative estimate of drug-likeness (QED) is 0.785. The Hall–Kier alpha value is -0.800. The van der Waals surface area contributed by atoms with Crippen LogP contribution in [0.5, 0.6) is 0 Å². The summed E-state index contributed by atoms with van der Waals surface area (Å²) in [5.74, 6) is 0.446. The van der Waals surface area contributed by atoms with Gasteiger partial charge in [-0.3, -0.25) is 4.79 Å². The largest absolute Gasteiger partial charge is 0.326 e. The zero-order valence-electron chi connectivity index (χ0n) is 7.85. The van der Waals surface area contributed by atoms with Crippen LogP contribution >= 0.6 is 11.6 Å². The minimum Gasteiger partial charge on any atom is -0.326 e. The molecule has 76 valence electrons. The Morgan fingerprint density at radius 1 is 1.57 bits per heavy atom. The molecule has 0 radical (unpaired) electrons. The fourth-order valence-corrected chi connectivity index (χ4v) is 2.04. The number of H-pyrrole nitrogens is 1. The highest BCUT2D eigenvalue weighted by Crippen LogP contribution is 2.37. The van der Waals surface area contributed by atoms with E-state index in [0.717, 1.165) is 18.5 Å². The van der Waals surface area contributed by atoms with E-state index in [2.05, 4.69) is 4.98 Å². The molecule has 1 aromatic heterocycles. The molecule has 1 heterocycles. The molecule has 14 heavy (non-hydrogen) atoms. The molecule has 0 unspecified atom stereocenters. The summed E-state index contributed by atoms with van der Waals surface area (Å²) in [6.45, 7) is 0.236. The van der Waals surface area contributed by atoms with Gasteiger partial charge in [-0.1, -0.05) is 18.0 Å². The maximum atomic E-state index is 11.5. The Morgan fingerprint density at radius 3 is 2.79 bits per heavy atom. The Kier molecular flexibility index (Phi) is 2.61. The van der Waals surface area contributed by atoms with Crippen LogP contribution in [0.3, 0.4) is 0 Å². The number of aromatic amines is 1. The standard InChI is InChI=1S/C10H13ClN2O/c11-8-4-7(5-12)10(14)13-9(8)6-2-1-3-6/h4,6H,1-3,5,12H2,(H,13,14). The van der Waals surface area contributed by atoms with E-state index in [1.807, 2.05) is 0 Å². The summed E-state index contributed by atoms with van der Waals surface area (Å²) in [7, 11) is 0. The molecule has 0 aromatic carbocycles. The minimum absolute atomic E-state index is 0.0983. The predicted octanol–water partition coefficient (Wildman–Crippen LogP) is 1.75. The fourth-order valence-electron chi connectivity index (χ4n) is 1.70. The van der Waals surface area contributed by atoms with Gasteiger partial charge in [0.1, 0.15) is 0 Å². The van der Waals surface area contributed by atoms with Crippen LogP contribution in [-0.4, -0.2) is 4.98 Å². The zero-order chi connectivity index (χ0) is 10.1. The number of hydrogen-bond acceptors (Lipinski definition) is 2. The van der Waals surface area contributed by atoms with Crippen molar-refractivity contribution in [2.45, 2.75) is 31.7 Å². The molecule has 0 saturated heterocycles. The molecule has 0 amide bonds. The van der Waals surface area contributed by atoms with Gasteiger partial charge in [-0.05, 0) is 18.9 Å². The highest BCUT2D eigenvalue weighted by Gasteiger charge is 2.23. The monoisotopic (exact) mass is 212 g/mol. The van der Waals surface area contributed by atoms with Crippen molar-refractivity contribution in [2.24, 2.45) is 5.73 Å². The molecule has 1 aliphatic carbocycles. The molecule has 2 rings (SSSR count). The molecular weight excluding hydrogens is 200 g/mol. The zero-order valence-corrected chi connectivity index (χ0v) is 8.60. The molecule has 4 heteroatoms. The topological polar surface area (TPSA) is 58.9 Å². The van der Waals surface area contributed by atoms with Gasteiger partial charge in [0.2, 0.25) is 0 Å². The van der Waals surface area contributed by atoms with Gasteiger partial charge in [0.15, 0.2) is 0 Å². The maximum Gasteiger partial charge on any atom is 0.252 e. The smallest absolute Gasteiger partial charge is 0.252 e. The summed E-state index contributed by atoms with van der Waals surface area (Å²) in [5, 5.41) is 0.648. The third-order valence-corrected chi connectivity index (χ3v) is 3.14. The van der Waals surface area contributed by atoms with Gasteiger partial charge >= 0.3 is 0 Å². The summed E-state index contributed by atoms with van der Waals surface area (Å²) in [6, 6.07) is 1.69. The van der Waals surface area contributed by atoms with Crippen LogP contribution in [0.15, 0.2) is 10.9 Å². The first-order valence-corrected chi connectivity index (χ1v) is 5.22. The van der Waals surface area contributed by atoms with Gasteiger partial charge in [0.25, 0.3) is 5.56 Å². The Labute approximate surface area is 87.3 Å². The summed E-state index contributed by atoms with van der Waals surface area (Å²) in [6.07, 6.45) is 3.47. The van der Waals surface area contributed by atoms with Crippen LogP contribution < -0.4 is 11.3 Å². The van der Waals surface area contributed by atoms with E-state index >= 15 is 0 Å². The third-order valence-electron chi connectivity index (χ3n) is 2.83. The van der Waals surface area contributed by atoms with E-state index in [1.54, 1.807) is 6.07 Å². The van der Waals surface area contributed by atoms with E-state index < -0.39 is 0 Å². The molecule has 3 N–H and O–H groups in total. The Bertz CT molecular complexity index is 396. The predicted molar refractivity (Wildman–Crippen MR) is 56.6 cm³/mol. The average Bonchev–Trinajstić information content (AvgIpc) is 2.08. The number of nitrogens with one attached hydrogen (secondary N) is 1. The molecular formula is C10H13ClN2O. The van der Waals surface area contributed by atoms with E-state index in [-0.39, 0.29) is 12.1 Å². The van der Waals surface area contributed by atoms with Gasteiger partial charge in [-0.15, -0.1) is 0 Å². The van der Waals surface area contributed by atoms with Crippen molar-refractivity contribution in [1.29, 1.82) is 0 Å². The summed E-state index contributed by atoms with van der Waals surface area (Å²) in [4.78, 5) is 14.3. The second-order valence-corrected chi connectivity index (χ2v) is 4.12. The lowest BCUT2D eigenvalue weighted by atomic mass is 9.82. The normalized spacial score (nSPS) is 16.7. The molecule has 0 bridgehead atoms. The number of aromatic nitrogens is 1. The van der Waals surface area contributed by atoms with Crippen LogP contribution in [0, 0.1) is 0 Å². The van der Waals surface area contributed by atoms with Gasteiger partial charge in [0.05, 0.1) is 5.02 Å². The molecule has 3 nitrogen and oxygen atoms in total. The Morgan fingerprint density at radius 2 is 2.29 bits per heavy atom. The summed E-state index contributed by atoms with van der Waals surface area (Å²) in [5.41, 5.74) is 6.76. The lowest BCUT2D eigenvalue weighted by Gasteiger charge is -2.26. The van der Waals surface area contributed by atoms with E-state index in [1.165, 1.54) is 6.42 Å². The molecule has 1 fully saturated rings. The maximum absolute atomic E-state index is 11.5. The van der Waals surface area contributed by atoms with E-state index in [0.29, 0.717) is 16.5 Å². The van der Waals surface area contributed by atoms with Gasteiger partial charge in [0, 0.05) is 23.7 Å². The van der Waals surface area contributed by atoms with Crippen LogP contribution in [0.1, 0.15) is 36.4 Å². The molecule has 1 saturated carbocycles. The number of halogens is 1. The van der Waals surface area contributed by atoms with Crippen molar-refractivity contribution in [2.75, 3.05) is 0 Å². The highest BCUT2D eigenvalue weighted by molar-refractivity contribution is 6.31. The van der Waals surface area contributed by atoms with Crippen LogP contribution in [-0.2, 0) is 6.54 Å². The SMILES string of the molecule is NCc1cc(Cl)c(C2CCC2)[nH]c1=O. The van der Waals surface area contributed by atoms with Gasteiger partial charge in [-0.2, -0.15) is 0 Å². The second kappa shape index (κ2) is 3.75. The molecule has 1 aromatic rings. The number of hydrogen-bond donors (Lipinski definition) is 2. The van der Waals surface area contributed by atoms with Crippen molar-refractivity contribution in [3.63, 3.8) is 0 Å².